The molecule has 15 aromatic rings. The summed E-state index contributed by atoms with van der Waals surface area (Å²) >= 11 is 0. The van der Waals surface area contributed by atoms with E-state index in [2.05, 4.69) is 238 Å². The maximum Gasteiger partial charge on any atom is 0.164 e. The van der Waals surface area contributed by atoms with Crippen LogP contribution in [0.3, 0.4) is 0 Å². The molecule has 1 unspecified atom stereocenters. The van der Waals surface area contributed by atoms with E-state index in [9.17, 15) is 0 Å². The molecule has 380 valence electrons. The van der Waals surface area contributed by atoms with Gasteiger partial charge in [-0.1, -0.05) is 212 Å². The molecule has 0 amide bonds. The molecule has 1 aliphatic carbocycles. The lowest BCUT2D eigenvalue weighted by atomic mass is 9.92. The molecule has 11 aromatic carbocycles. The summed E-state index contributed by atoms with van der Waals surface area (Å²) in [5.41, 5.74) is 19.4. The maximum atomic E-state index is 5.02. The highest BCUT2D eigenvalue weighted by atomic mass is 15.0. The van der Waals surface area contributed by atoms with Crippen LogP contribution in [0, 0.1) is 0 Å². The van der Waals surface area contributed by atoms with Crippen molar-refractivity contribution in [2.45, 2.75) is 12.5 Å². The fraction of sp³-hybridized carbons (Fsp3) is 0.0267. The Hall–Kier alpha value is -10.7. The molecule has 0 aliphatic heterocycles. The summed E-state index contributed by atoms with van der Waals surface area (Å²) < 4.78 is 7.39. The van der Waals surface area contributed by atoms with E-state index < -0.39 is 0 Å². The van der Waals surface area contributed by atoms with E-state index in [1.54, 1.807) is 0 Å². The summed E-state index contributed by atoms with van der Waals surface area (Å²) in [6.07, 6.45) is 8.07. The van der Waals surface area contributed by atoms with Gasteiger partial charge in [0.1, 0.15) is 0 Å². The first kappa shape index (κ1) is 46.4. The number of allylic oxidation sites excluding steroid dienone is 4. The molecule has 0 N–H and O–H groups in total. The second-order valence-corrected chi connectivity index (χ2v) is 21.1. The number of hydrogen-bond acceptors (Lipinski definition) is 3. The van der Waals surface area contributed by atoms with Gasteiger partial charge in [-0.15, -0.1) is 0 Å². The smallest absolute Gasteiger partial charge is 0.164 e. The van der Waals surface area contributed by atoms with Gasteiger partial charge in [0, 0.05) is 71.3 Å². The minimum absolute atomic E-state index is 0.107. The summed E-state index contributed by atoms with van der Waals surface area (Å²) in [5, 5.41) is 7.50. The highest BCUT2D eigenvalue weighted by molar-refractivity contribution is 6.13. The van der Waals surface area contributed by atoms with E-state index >= 15 is 0 Å². The van der Waals surface area contributed by atoms with Gasteiger partial charge in [0.25, 0.3) is 0 Å². The van der Waals surface area contributed by atoms with Gasteiger partial charge in [0.2, 0.25) is 0 Å². The molecule has 4 aromatic heterocycles. The van der Waals surface area contributed by atoms with Crippen molar-refractivity contribution in [2.24, 2.45) is 0 Å². The Bertz CT molecular complexity index is 4890. The third-order valence-electron chi connectivity index (χ3n) is 16.4. The lowest BCUT2D eigenvalue weighted by molar-refractivity contribution is 0.649. The van der Waals surface area contributed by atoms with Gasteiger partial charge in [-0.25, -0.2) is 15.0 Å². The Balaban J connectivity index is 0.776. The molecule has 0 bridgehead atoms. The average molecular weight is 1040 g/mol. The fourth-order valence-electron chi connectivity index (χ4n) is 12.6. The van der Waals surface area contributed by atoms with Crippen LogP contribution in [0.15, 0.2) is 285 Å². The van der Waals surface area contributed by atoms with Gasteiger partial charge in [-0.3, -0.25) is 0 Å². The molecule has 6 nitrogen and oxygen atoms in total. The van der Waals surface area contributed by atoms with Gasteiger partial charge in [0.05, 0.1) is 33.8 Å². The molecular formula is C75H50N6. The van der Waals surface area contributed by atoms with Gasteiger partial charge in [-0.2, -0.15) is 0 Å². The van der Waals surface area contributed by atoms with Crippen LogP contribution in [-0.2, 0) is 0 Å². The van der Waals surface area contributed by atoms with E-state index in [0.29, 0.717) is 17.5 Å². The van der Waals surface area contributed by atoms with Crippen molar-refractivity contribution in [1.29, 1.82) is 0 Å². The van der Waals surface area contributed by atoms with E-state index in [4.69, 9.17) is 15.0 Å². The minimum Gasteiger partial charge on any atom is -0.333 e. The first-order valence-electron chi connectivity index (χ1n) is 27.8. The Morgan fingerprint density at radius 2 is 0.704 bits per heavy atom. The third-order valence-corrected chi connectivity index (χ3v) is 16.4. The standard InChI is InChI=1S/C75H50N6/c1-4-18-51(19-5-1)73-76-74(52-20-6-2-7-21-52)78-75(77-73)53-34-32-49(33-35-53)54-38-43-70(81-68-30-16-10-24-59(68)60-25-11-17-31-69(60)81)63(46-54)50-36-41-58(42-37-50)80-67-29-15-13-27-62(67)65-48-56(40-45-72(65)80)55-39-44-71-64(47-55)61-26-12-14-28-66(61)79(71)57-22-8-3-9-23-57/h1-41,43-48,58H,42H2. The lowest BCUT2D eigenvalue weighted by Gasteiger charge is -2.23. The first-order chi connectivity index (χ1) is 40.2. The monoisotopic (exact) mass is 1030 g/mol. The predicted molar refractivity (Wildman–Crippen MR) is 336 cm³/mol. The predicted octanol–water partition coefficient (Wildman–Crippen LogP) is 19.1. The van der Waals surface area contributed by atoms with Crippen LogP contribution < -0.4 is 0 Å². The SMILES string of the molecule is C1=CC(n2c3ccccc3c3cc(-c4ccc5c(c4)c4ccccc4n5-c4ccccc4)ccc32)CC=C1c1cc(-c2ccc(-c3nc(-c4ccccc4)nc(-c4ccccc4)n3)cc2)ccc1-n1c2ccccc2c2ccccc21. The molecule has 4 heterocycles. The van der Waals surface area contributed by atoms with E-state index in [1.165, 1.54) is 87.7 Å². The zero-order valence-corrected chi connectivity index (χ0v) is 44.1. The van der Waals surface area contributed by atoms with Crippen molar-refractivity contribution < 1.29 is 0 Å². The van der Waals surface area contributed by atoms with E-state index in [0.717, 1.165) is 45.6 Å². The molecule has 0 spiro atoms. The topological polar surface area (TPSA) is 53.5 Å². The van der Waals surface area contributed by atoms with Crippen molar-refractivity contribution in [3.63, 3.8) is 0 Å². The van der Waals surface area contributed by atoms with Crippen molar-refractivity contribution in [3.8, 4) is 67.8 Å². The van der Waals surface area contributed by atoms with Crippen LogP contribution in [-0.4, -0.2) is 28.7 Å². The number of benzene rings is 11. The van der Waals surface area contributed by atoms with Crippen LogP contribution in [0.4, 0.5) is 0 Å². The molecule has 0 saturated carbocycles. The quantitative estimate of drug-likeness (QED) is 0.145. The molecule has 0 radical (unpaired) electrons. The number of para-hydroxylation sites is 5. The lowest BCUT2D eigenvalue weighted by Crippen LogP contribution is -2.08. The summed E-state index contributed by atoms with van der Waals surface area (Å²) in [4.78, 5) is 15.0. The second kappa shape index (κ2) is 19.0. The van der Waals surface area contributed by atoms with Gasteiger partial charge in [-0.05, 0) is 107 Å². The number of hydrogen-bond donors (Lipinski definition) is 0. The highest BCUT2D eigenvalue weighted by Gasteiger charge is 2.23. The summed E-state index contributed by atoms with van der Waals surface area (Å²) in [6, 6.07) is 95.9. The van der Waals surface area contributed by atoms with Gasteiger partial charge >= 0.3 is 0 Å². The highest BCUT2D eigenvalue weighted by Crippen LogP contribution is 2.43. The Morgan fingerprint density at radius 1 is 0.309 bits per heavy atom. The van der Waals surface area contributed by atoms with Crippen molar-refractivity contribution in [3.05, 3.63) is 291 Å². The molecule has 16 rings (SSSR count). The minimum atomic E-state index is 0.107. The Labute approximate surface area is 468 Å². The summed E-state index contributed by atoms with van der Waals surface area (Å²) in [7, 11) is 0. The van der Waals surface area contributed by atoms with Gasteiger partial charge < -0.3 is 13.7 Å². The summed E-state index contributed by atoms with van der Waals surface area (Å²) in [5.74, 6) is 1.92. The van der Waals surface area contributed by atoms with E-state index in [1.807, 2.05) is 60.7 Å². The molecule has 81 heavy (non-hydrogen) atoms. The van der Waals surface area contributed by atoms with Crippen LogP contribution in [0.25, 0.3) is 139 Å². The van der Waals surface area contributed by atoms with Crippen LogP contribution >= 0.6 is 0 Å². The third kappa shape index (κ3) is 7.83. The fourth-order valence-corrected chi connectivity index (χ4v) is 12.6. The zero-order valence-electron chi connectivity index (χ0n) is 44.1. The second-order valence-electron chi connectivity index (χ2n) is 21.1. The van der Waals surface area contributed by atoms with Crippen molar-refractivity contribution in [1.82, 2.24) is 28.7 Å². The number of rotatable bonds is 9. The normalized spacial score (nSPS) is 13.5. The largest absolute Gasteiger partial charge is 0.333 e. The van der Waals surface area contributed by atoms with E-state index in [-0.39, 0.29) is 6.04 Å². The molecule has 0 saturated heterocycles. The molecule has 1 aliphatic rings. The number of fused-ring (bicyclic) bond motifs is 9. The molecule has 0 fully saturated rings. The Morgan fingerprint density at radius 3 is 1.27 bits per heavy atom. The van der Waals surface area contributed by atoms with Crippen molar-refractivity contribution >= 4 is 71.0 Å². The first-order valence-corrected chi connectivity index (χ1v) is 27.8. The van der Waals surface area contributed by atoms with Crippen LogP contribution in [0.1, 0.15) is 18.0 Å². The maximum absolute atomic E-state index is 5.02. The molecular weight excluding hydrogens is 985 g/mol. The Kier molecular flexibility index (Phi) is 10.9. The zero-order chi connectivity index (χ0) is 53.4. The van der Waals surface area contributed by atoms with Gasteiger partial charge in [0.15, 0.2) is 17.5 Å². The van der Waals surface area contributed by atoms with Crippen LogP contribution in [0.5, 0.6) is 0 Å². The average Bonchev–Trinajstić information content (AvgIpc) is 4.40. The summed E-state index contributed by atoms with van der Waals surface area (Å²) in [6.45, 7) is 0. The number of aromatic nitrogens is 6. The molecule has 1 atom stereocenters. The number of nitrogens with zero attached hydrogens (tertiary/aromatic N) is 6. The van der Waals surface area contributed by atoms with Crippen LogP contribution in [0.2, 0.25) is 0 Å². The van der Waals surface area contributed by atoms with Crippen molar-refractivity contribution in [2.75, 3.05) is 0 Å². The molecule has 6 heteroatoms.